The summed E-state index contributed by atoms with van der Waals surface area (Å²) in [5.74, 6) is 1.05. The Hall–Kier alpha value is -1.39. The number of benzene rings is 1. The second kappa shape index (κ2) is 5.78. The van der Waals surface area contributed by atoms with Crippen LogP contribution in [0.15, 0.2) is 30.3 Å². The molecule has 0 bridgehead atoms. The fraction of sp³-hybridized carbons (Fsp3) is 0.438. The number of para-hydroxylation sites is 1. The van der Waals surface area contributed by atoms with Crippen molar-refractivity contribution in [3.63, 3.8) is 0 Å². The van der Waals surface area contributed by atoms with Crippen LogP contribution in [-0.4, -0.2) is 31.2 Å². The summed E-state index contributed by atoms with van der Waals surface area (Å²) in [4.78, 5) is 6.34. The molecular weight excluding hydrogens is 289 g/mol. The topological polar surface area (TPSA) is 28.2 Å². The fourth-order valence-electron chi connectivity index (χ4n) is 3.66. The van der Waals surface area contributed by atoms with E-state index in [1.54, 1.807) is 6.07 Å². The number of hydrogen-bond acceptors (Lipinski definition) is 3. The lowest BCUT2D eigenvalue weighted by Gasteiger charge is -2.23. The van der Waals surface area contributed by atoms with Crippen molar-refractivity contribution < 1.29 is 4.39 Å². The van der Waals surface area contributed by atoms with Gasteiger partial charge in [-0.05, 0) is 37.4 Å². The van der Waals surface area contributed by atoms with Gasteiger partial charge in [-0.15, -0.1) is 12.4 Å². The predicted molar refractivity (Wildman–Crippen MR) is 85.6 cm³/mol. The maximum Gasteiger partial charge on any atom is 0.215 e. The SMILES string of the molecule is Cl.Fc1cc(N2CC3CCNCC3C2)c2ccccc2n1. The maximum atomic E-state index is 13.8. The summed E-state index contributed by atoms with van der Waals surface area (Å²) in [6, 6.07) is 9.42. The summed E-state index contributed by atoms with van der Waals surface area (Å²) in [6.07, 6.45) is 1.23. The number of pyridine rings is 1. The zero-order valence-corrected chi connectivity index (χ0v) is 12.6. The molecule has 1 N–H and O–H groups in total. The third-order valence-electron chi connectivity index (χ3n) is 4.68. The minimum Gasteiger partial charge on any atom is -0.370 e. The van der Waals surface area contributed by atoms with Crippen LogP contribution >= 0.6 is 12.4 Å². The van der Waals surface area contributed by atoms with Gasteiger partial charge in [0.05, 0.1) is 11.2 Å². The van der Waals surface area contributed by atoms with Gasteiger partial charge in [0.25, 0.3) is 0 Å². The lowest BCUT2D eigenvalue weighted by molar-refractivity contribution is 0.318. The number of fused-ring (bicyclic) bond motifs is 2. The van der Waals surface area contributed by atoms with E-state index < -0.39 is 0 Å². The monoisotopic (exact) mass is 307 g/mol. The molecule has 0 aliphatic carbocycles. The van der Waals surface area contributed by atoms with Gasteiger partial charge in [-0.2, -0.15) is 4.39 Å². The third kappa shape index (κ3) is 2.58. The Morgan fingerprint density at radius 3 is 2.86 bits per heavy atom. The van der Waals surface area contributed by atoms with E-state index in [9.17, 15) is 4.39 Å². The lowest BCUT2D eigenvalue weighted by Crippen LogP contribution is -2.35. The van der Waals surface area contributed by atoms with Crippen molar-refractivity contribution in [3.05, 3.63) is 36.3 Å². The van der Waals surface area contributed by atoms with Crippen LogP contribution in [0.5, 0.6) is 0 Å². The highest BCUT2D eigenvalue weighted by Crippen LogP contribution is 2.35. The lowest BCUT2D eigenvalue weighted by atomic mass is 9.90. The molecule has 4 rings (SSSR count). The average Bonchev–Trinajstić information content (AvgIpc) is 2.90. The van der Waals surface area contributed by atoms with Crippen molar-refractivity contribution in [2.75, 3.05) is 31.1 Å². The van der Waals surface area contributed by atoms with Crippen LogP contribution in [0.2, 0.25) is 0 Å². The van der Waals surface area contributed by atoms with Crippen LogP contribution < -0.4 is 10.2 Å². The standard InChI is InChI=1S/C16H18FN3.ClH/c17-16-7-15(13-3-1-2-4-14(13)19-16)20-9-11-5-6-18-8-12(11)10-20;/h1-4,7,11-12,18H,5-6,8-10H2;1H. The smallest absolute Gasteiger partial charge is 0.215 e. The highest BCUT2D eigenvalue weighted by Gasteiger charge is 2.35. The molecule has 3 nitrogen and oxygen atoms in total. The van der Waals surface area contributed by atoms with E-state index in [1.165, 1.54) is 6.42 Å². The first-order chi connectivity index (χ1) is 9.81. The number of anilines is 1. The van der Waals surface area contributed by atoms with Gasteiger partial charge >= 0.3 is 0 Å². The van der Waals surface area contributed by atoms with Crippen LogP contribution in [0.25, 0.3) is 10.9 Å². The normalized spacial score (nSPS) is 24.7. The van der Waals surface area contributed by atoms with Gasteiger partial charge in [0, 0.05) is 24.5 Å². The van der Waals surface area contributed by atoms with Crippen molar-refractivity contribution in [2.45, 2.75) is 6.42 Å². The quantitative estimate of drug-likeness (QED) is 0.821. The van der Waals surface area contributed by atoms with Gasteiger partial charge in [0.1, 0.15) is 0 Å². The van der Waals surface area contributed by atoms with E-state index in [0.717, 1.165) is 48.7 Å². The molecule has 2 aromatic rings. The van der Waals surface area contributed by atoms with Gasteiger partial charge in [0.2, 0.25) is 5.95 Å². The highest BCUT2D eigenvalue weighted by molar-refractivity contribution is 5.91. The Labute approximate surface area is 130 Å². The molecule has 0 radical (unpaired) electrons. The molecule has 0 saturated carbocycles. The molecule has 21 heavy (non-hydrogen) atoms. The van der Waals surface area contributed by atoms with Gasteiger partial charge in [-0.3, -0.25) is 0 Å². The second-order valence-electron chi connectivity index (χ2n) is 5.90. The summed E-state index contributed by atoms with van der Waals surface area (Å²) in [6.45, 7) is 4.26. The zero-order chi connectivity index (χ0) is 13.5. The van der Waals surface area contributed by atoms with E-state index >= 15 is 0 Å². The molecule has 2 atom stereocenters. The minimum atomic E-state index is -0.383. The van der Waals surface area contributed by atoms with Crippen molar-refractivity contribution in [3.8, 4) is 0 Å². The van der Waals surface area contributed by atoms with Crippen molar-refractivity contribution in [1.82, 2.24) is 10.3 Å². The van der Waals surface area contributed by atoms with Gasteiger partial charge < -0.3 is 10.2 Å². The fourth-order valence-corrected chi connectivity index (χ4v) is 3.66. The van der Waals surface area contributed by atoms with Crippen LogP contribution in [0.3, 0.4) is 0 Å². The van der Waals surface area contributed by atoms with Crippen molar-refractivity contribution >= 4 is 29.0 Å². The number of piperidine rings is 1. The van der Waals surface area contributed by atoms with Crippen LogP contribution in [-0.2, 0) is 0 Å². The summed E-state index contributed by atoms with van der Waals surface area (Å²) >= 11 is 0. The summed E-state index contributed by atoms with van der Waals surface area (Å²) < 4.78 is 13.8. The van der Waals surface area contributed by atoms with Crippen LogP contribution in [0.4, 0.5) is 10.1 Å². The molecule has 2 unspecified atom stereocenters. The molecule has 2 aliphatic heterocycles. The predicted octanol–water partition coefficient (Wildman–Crippen LogP) is 2.84. The number of rotatable bonds is 1. The van der Waals surface area contributed by atoms with Gasteiger partial charge in [-0.1, -0.05) is 18.2 Å². The number of hydrogen-bond donors (Lipinski definition) is 1. The molecule has 1 aromatic carbocycles. The Balaban J connectivity index is 0.00000132. The molecule has 2 aliphatic rings. The van der Waals surface area contributed by atoms with E-state index in [-0.39, 0.29) is 18.4 Å². The highest BCUT2D eigenvalue weighted by atomic mass is 35.5. The van der Waals surface area contributed by atoms with Gasteiger partial charge in [-0.25, -0.2) is 4.98 Å². The third-order valence-corrected chi connectivity index (χ3v) is 4.68. The average molecular weight is 308 g/mol. The number of aromatic nitrogens is 1. The zero-order valence-electron chi connectivity index (χ0n) is 11.8. The Bertz CT molecular complexity index is 634. The van der Waals surface area contributed by atoms with Crippen LogP contribution in [0, 0.1) is 17.8 Å². The number of halogens is 2. The first-order valence-corrected chi connectivity index (χ1v) is 7.32. The first-order valence-electron chi connectivity index (χ1n) is 7.32. The van der Waals surface area contributed by atoms with Crippen LogP contribution in [0.1, 0.15) is 6.42 Å². The second-order valence-corrected chi connectivity index (χ2v) is 5.90. The Morgan fingerprint density at radius 2 is 2.00 bits per heavy atom. The molecule has 0 spiro atoms. The number of nitrogens with one attached hydrogen (secondary N) is 1. The van der Waals surface area contributed by atoms with E-state index in [0.29, 0.717) is 5.92 Å². The molecule has 5 heteroatoms. The Kier molecular flexibility index (Phi) is 4.00. The molecule has 2 fully saturated rings. The molecule has 1 aromatic heterocycles. The largest absolute Gasteiger partial charge is 0.370 e. The van der Waals surface area contributed by atoms with Gasteiger partial charge in [0.15, 0.2) is 0 Å². The summed E-state index contributed by atoms with van der Waals surface area (Å²) in [5, 5.41) is 4.52. The summed E-state index contributed by atoms with van der Waals surface area (Å²) in [5.41, 5.74) is 1.75. The van der Waals surface area contributed by atoms with E-state index in [1.807, 2.05) is 24.3 Å². The molecule has 0 amide bonds. The molecule has 2 saturated heterocycles. The van der Waals surface area contributed by atoms with E-state index in [2.05, 4.69) is 15.2 Å². The molecule has 3 heterocycles. The minimum absolute atomic E-state index is 0. The first kappa shape index (κ1) is 14.5. The summed E-state index contributed by atoms with van der Waals surface area (Å²) in [7, 11) is 0. The molecular formula is C16H19ClFN3. The van der Waals surface area contributed by atoms with Crippen molar-refractivity contribution in [1.29, 1.82) is 0 Å². The van der Waals surface area contributed by atoms with Crippen molar-refractivity contribution in [2.24, 2.45) is 11.8 Å². The number of nitrogens with zero attached hydrogens (tertiary/aromatic N) is 2. The van der Waals surface area contributed by atoms with E-state index in [4.69, 9.17) is 0 Å². The Morgan fingerprint density at radius 1 is 1.19 bits per heavy atom. The molecule has 112 valence electrons. The maximum absolute atomic E-state index is 13.8.